The number of carbonyl (C=O) groups excluding carboxylic acids is 2. The number of halogens is 2. The van der Waals surface area contributed by atoms with E-state index in [2.05, 4.69) is 5.32 Å². The standard InChI is InChI=1S/C32H37Cl2N3O5S/c1-22-9-16-28(17-10-22)43(40,41)37(27-15-18-30(42-3)29(34)19-27)21-31(38)36(20-24-11-13-25(33)14-12-24)23(2)32(39)35-26-7-5-4-6-8-26/h9-19,23,26H,4-8,20-21H2,1-3H3,(H,35,39). The summed E-state index contributed by atoms with van der Waals surface area (Å²) in [5.74, 6) is -0.472. The van der Waals surface area contributed by atoms with Crippen LogP contribution in [-0.2, 0) is 26.2 Å². The highest BCUT2D eigenvalue weighted by Crippen LogP contribution is 2.32. The second-order valence-corrected chi connectivity index (χ2v) is 13.5. The van der Waals surface area contributed by atoms with E-state index in [9.17, 15) is 18.0 Å². The van der Waals surface area contributed by atoms with Crippen molar-refractivity contribution in [2.75, 3.05) is 18.0 Å². The minimum Gasteiger partial charge on any atom is -0.495 e. The molecule has 1 fully saturated rings. The van der Waals surface area contributed by atoms with Crippen molar-refractivity contribution in [2.24, 2.45) is 0 Å². The molecule has 1 unspecified atom stereocenters. The maximum atomic E-state index is 14.1. The average molecular weight is 647 g/mol. The predicted molar refractivity (Wildman–Crippen MR) is 170 cm³/mol. The van der Waals surface area contributed by atoms with E-state index in [0.29, 0.717) is 10.8 Å². The van der Waals surface area contributed by atoms with Gasteiger partial charge in [0, 0.05) is 17.6 Å². The van der Waals surface area contributed by atoms with Crippen molar-refractivity contribution in [2.45, 2.75) is 69.5 Å². The molecular weight excluding hydrogens is 609 g/mol. The van der Waals surface area contributed by atoms with Crippen LogP contribution in [0.3, 0.4) is 0 Å². The van der Waals surface area contributed by atoms with Crippen LogP contribution in [0.4, 0.5) is 5.69 Å². The van der Waals surface area contributed by atoms with Gasteiger partial charge in [-0.3, -0.25) is 13.9 Å². The zero-order chi connectivity index (χ0) is 31.1. The van der Waals surface area contributed by atoms with Crippen molar-refractivity contribution in [1.29, 1.82) is 0 Å². The third-order valence-electron chi connectivity index (χ3n) is 7.70. The van der Waals surface area contributed by atoms with Gasteiger partial charge in [0.15, 0.2) is 0 Å². The summed E-state index contributed by atoms with van der Waals surface area (Å²) in [6.07, 6.45) is 5.02. The van der Waals surface area contributed by atoms with Crippen molar-refractivity contribution in [1.82, 2.24) is 10.2 Å². The van der Waals surface area contributed by atoms with E-state index in [1.165, 1.54) is 36.3 Å². The molecule has 3 aromatic carbocycles. The number of aryl methyl sites for hydroxylation is 1. The first-order valence-electron chi connectivity index (χ1n) is 14.3. The molecule has 4 rings (SSSR count). The van der Waals surface area contributed by atoms with Crippen LogP contribution >= 0.6 is 23.2 Å². The van der Waals surface area contributed by atoms with Crippen LogP contribution in [0.15, 0.2) is 71.6 Å². The smallest absolute Gasteiger partial charge is 0.264 e. The molecule has 0 spiro atoms. The molecule has 0 aliphatic heterocycles. The predicted octanol–water partition coefficient (Wildman–Crippen LogP) is 6.37. The Bertz CT molecular complexity index is 1530. The summed E-state index contributed by atoms with van der Waals surface area (Å²) in [7, 11) is -2.76. The lowest BCUT2D eigenvalue weighted by Gasteiger charge is -2.33. The highest BCUT2D eigenvalue weighted by molar-refractivity contribution is 7.92. The van der Waals surface area contributed by atoms with Crippen molar-refractivity contribution < 1.29 is 22.7 Å². The van der Waals surface area contributed by atoms with Crippen molar-refractivity contribution >= 4 is 50.7 Å². The number of hydrogen-bond donors (Lipinski definition) is 1. The number of nitrogens with zero attached hydrogens (tertiary/aromatic N) is 2. The number of methoxy groups -OCH3 is 1. The van der Waals surface area contributed by atoms with Gasteiger partial charge in [-0.1, -0.05) is 72.3 Å². The number of amides is 2. The van der Waals surface area contributed by atoms with Crippen LogP contribution in [0.1, 0.15) is 50.2 Å². The summed E-state index contributed by atoms with van der Waals surface area (Å²) >= 11 is 12.5. The van der Waals surface area contributed by atoms with Crippen molar-refractivity contribution in [3.8, 4) is 5.75 Å². The Morgan fingerprint density at radius 2 is 1.63 bits per heavy atom. The molecule has 1 atom stereocenters. The summed E-state index contributed by atoms with van der Waals surface area (Å²) in [4.78, 5) is 29.0. The summed E-state index contributed by atoms with van der Waals surface area (Å²) in [5.41, 5.74) is 1.82. The highest BCUT2D eigenvalue weighted by atomic mass is 35.5. The molecule has 1 aliphatic carbocycles. The Balaban J connectivity index is 1.70. The number of sulfonamides is 1. The Kier molecular flexibility index (Phi) is 11.0. The van der Waals surface area contributed by atoms with E-state index in [4.69, 9.17) is 27.9 Å². The first-order valence-corrected chi connectivity index (χ1v) is 16.5. The molecule has 0 bridgehead atoms. The van der Waals surface area contributed by atoms with Crippen molar-refractivity contribution in [3.05, 3.63) is 87.9 Å². The van der Waals surface area contributed by atoms with E-state index >= 15 is 0 Å². The molecule has 1 saturated carbocycles. The summed E-state index contributed by atoms with van der Waals surface area (Å²) in [6, 6.07) is 17.1. The number of benzene rings is 3. The van der Waals surface area contributed by atoms with Crippen LogP contribution in [0, 0.1) is 6.92 Å². The normalized spacial score (nSPS) is 14.5. The summed E-state index contributed by atoms with van der Waals surface area (Å²) < 4.78 is 34.3. The quantitative estimate of drug-likeness (QED) is 0.261. The number of ether oxygens (including phenoxy) is 1. The lowest BCUT2D eigenvalue weighted by Crippen LogP contribution is -2.53. The fourth-order valence-electron chi connectivity index (χ4n) is 5.11. The second-order valence-electron chi connectivity index (χ2n) is 10.8. The van der Waals surface area contributed by atoms with Gasteiger partial charge < -0.3 is 15.0 Å². The van der Waals surface area contributed by atoms with Crippen LogP contribution in [0.2, 0.25) is 10.0 Å². The van der Waals surface area contributed by atoms with E-state index in [-0.39, 0.29) is 34.1 Å². The number of hydrogen-bond acceptors (Lipinski definition) is 5. The van der Waals surface area contributed by atoms with Crippen LogP contribution in [0.25, 0.3) is 0 Å². The number of anilines is 1. The molecule has 0 aromatic heterocycles. The van der Waals surface area contributed by atoms with Gasteiger partial charge in [0.1, 0.15) is 18.3 Å². The van der Waals surface area contributed by atoms with E-state index in [1.54, 1.807) is 49.4 Å². The molecule has 2 amide bonds. The molecule has 0 radical (unpaired) electrons. The van der Waals surface area contributed by atoms with E-state index in [0.717, 1.165) is 47.5 Å². The monoisotopic (exact) mass is 645 g/mol. The van der Waals surface area contributed by atoms with Crippen molar-refractivity contribution in [3.63, 3.8) is 0 Å². The van der Waals surface area contributed by atoms with Gasteiger partial charge in [0.2, 0.25) is 11.8 Å². The lowest BCUT2D eigenvalue weighted by molar-refractivity contribution is -0.139. The molecule has 43 heavy (non-hydrogen) atoms. The largest absolute Gasteiger partial charge is 0.495 e. The Morgan fingerprint density at radius 1 is 0.977 bits per heavy atom. The molecule has 0 saturated heterocycles. The number of carbonyl (C=O) groups is 2. The molecule has 1 aliphatic rings. The molecule has 0 heterocycles. The van der Waals surface area contributed by atoms with Gasteiger partial charge in [-0.2, -0.15) is 0 Å². The fraction of sp³-hybridized carbons (Fsp3) is 0.375. The maximum Gasteiger partial charge on any atom is 0.264 e. The summed E-state index contributed by atoms with van der Waals surface area (Å²) in [6.45, 7) is 3.04. The zero-order valence-corrected chi connectivity index (χ0v) is 26.9. The van der Waals surface area contributed by atoms with Gasteiger partial charge in [0.25, 0.3) is 10.0 Å². The minimum atomic E-state index is -4.21. The Hall–Kier alpha value is -3.27. The first kappa shape index (κ1) is 32.6. The number of rotatable bonds is 11. The van der Waals surface area contributed by atoms with Crippen LogP contribution < -0.4 is 14.4 Å². The number of nitrogens with one attached hydrogen (secondary N) is 1. The maximum absolute atomic E-state index is 14.1. The first-order chi connectivity index (χ1) is 20.5. The Morgan fingerprint density at radius 3 is 2.23 bits per heavy atom. The van der Waals surface area contributed by atoms with Gasteiger partial charge >= 0.3 is 0 Å². The fourth-order valence-corrected chi connectivity index (χ4v) is 6.90. The van der Waals surface area contributed by atoms with Gasteiger partial charge in [-0.05, 0) is 74.7 Å². The highest BCUT2D eigenvalue weighted by Gasteiger charge is 2.33. The van der Waals surface area contributed by atoms with Gasteiger partial charge in [-0.25, -0.2) is 8.42 Å². The third-order valence-corrected chi connectivity index (χ3v) is 10.0. The third kappa shape index (κ3) is 8.22. The zero-order valence-electron chi connectivity index (χ0n) is 24.6. The lowest BCUT2D eigenvalue weighted by atomic mass is 9.95. The second kappa shape index (κ2) is 14.5. The molecule has 3 aromatic rings. The molecule has 11 heteroatoms. The molecule has 230 valence electrons. The minimum absolute atomic E-state index is 0.0187. The average Bonchev–Trinajstić information content (AvgIpc) is 2.99. The van der Waals surface area contributed by atoms with Gasteiger partial charge in [0.05, 0.1) is 22.7 Å². The van der Waals surface area contributed by atoms with E-state index in [1.807, 2.05) is 6.92 Å². The van der Waals surface area contributed by atoms with E-state index < -0.39 is 28.5 Å². The topological polar surface area (TPSA) is 96.0 Å². The molecule has 1 N–H and O–H groups in total. The van der Waals surface area contributed by atoms with Crippen LogP contribution in [0.5, 0.6) is 5.75 Å². The molecule has 8 nitrogen and oxygen atoms in total. The summed E-state index contributed by atoms with van der Waals surface area (Å²) in [5, 5.41) is 3.83. The van der Waals surface area contributed by atoms with Gasteiger partial charge in [-0.15, -0.1) is 0 Å². The Labute approximate surface area is 264 Å². The van der Waals surface area contributed by atoms with Crippen LogP contribution in [-0.4, -0.2) is 50.9 Å². The SMILES string of the molecule is COc1ccc(N(CC(=O)N(Cc2ccc(Cl)cc2)C(C)C(=O)NC2CCCCC2)S(=O)(=O)c2ccc(C)cc2)cc1Cl. The molecular formula is C32H37Cl2N3O5S.